The lowest BCUT2D eigenvalue weighted by atomic mass is 10.3. The number of benzene rings is 1. The first-order valence-corrected chi connectivity index (χ1v) is 10.3. The predicted octanol–water partition coefficient (Wildman–Crippen LogP) is 5.66. The van der Waals surface area contributed by atoms with Gasteiger partial charge >= 0.3 is 5.97 Å². The first kappa shape index (κ1) is 22.2. The number of anilines is 2. The van der Waals surface area contributed by atoms with Gasteiger partial charge in [0.1, 0.15) is 4.88 Å². The topological polar surface area (TPSA) is 97.6 Å². The standard InChI is InChI=1S/C19H13Cl3N2O5S/c1-9-5-16(24-18(26)14-3-2-4-28-14)30-17(9)19(27)29-8-15(25)23-13-7-11(21)10(20)6-12(13)22/h2-7H,8H2,1H3,(H,23,25)(H,24,26). The summed E-state index contributed by atoms with van der Waals surface area (Å²) in [7, 11) is 0. The highest BCUT2D eigenvalue weighted by Gasteiger charge is 2.19. The number of nitrogens with one attached hydrogen (secondary N) is 2. The highest BCUT2D eigenvalue weighted by molar-refractivity contribution is 7.18. The largest absolute Gasteiger partial charge is 0.459 e. The van der Waals surface area contributed by atoms with E-state index in [4.69, 9.17) is 44.0 Å². The van der Waals surface area contributed by atoms with Gasteiger partial charge in [0.25, 0.3) is 11.8 Å². The third-order valence-corrected chi connectivity index (χ3v) is 5.87. The lowest BCUT2D eigenvalue weighted by Gasteiger charge is -2.09. The number of rotatable bonds is 6. The average molecular weight is 488 g/mol. The number of hydrogen-bond acceptors (Lipinski definition) is 6. The van der Waals surface area contributed by atoms with Crippen LogP contribution < -0.4 is 10.6 Å². The van der Waals surface area contributed by atoms with E-state index in [9.17, 15) is 14.4 Å². The van der Waals surface area contributed by atoms with Gasteiger partial charge in [-0.3, -0.25) is 9.59 Å². The minimum absolute atomic E-state index is 0.141. The monoisotopic (exact) mass is 486 g/mol. The molecule has 1 aromatic carbocycles. The van der Waals surface area contributed by atoms with Gasteiger partial charge in [-0.15, -0.1) is 11.3 Å². The molecule has 0 spiro atoms. The molecule has 30 heavy (non-hydrogen) atoms. The first-order chi connectivity index (χ1) is 14.2. The Labute approximate surface area is 189 Å². The Balaban J connectivity index is 1.58. The molecule has 3 rings (SSSR count). The molecular formula is C19H13Cl3N2O5S. The molecule has 2 amide bonds. The molecule has 7 nitrogen and oxygen atoms in total. The third-order valence-electron chi connectivity index (χ3n) is 3.70. The highest BCUT2D eigenvalue weighted by atomic mass is 35.5. The lowest BCUT2D eigenvalue weighted by molar-refractivity contribution is -0.119. The molecule has 0 atom stereocenters. The van der Waals surface area contributed by atoms with Crippen molar-refractivity contribution < 1.29 is 23.5 Å². The Bertz CT molecular complexity index is 1110. The Hall–Kier alpha value is -2.52. The van der Waals surface area contributed by atoms with Crippen LogP contribution in [-0.4, -0.2) is 24.4 Å². The number of amides is 2. The van der Waals surface area contributed by atoms with Crippen molar-refractivity contribution >= 4 is 74.6 Å². The molecule has 2 N–H and O–H groups in total. The fourth-order valence-corrected chi connectivity index (χ4v) is 3.88. The second-order valence-electron chi connectivity index (χ2n) is 5.92. The second-order valence-corrected chi connectivity index (χ2v) is 8.20. The number of carbonyl (C=O) groups is 3. The zero-order chi connectivity index (χ0) is 21.8. The molecule has 0 aliphatic carbocycles. The van der Waals surface area contributed by atoms with Crippen molar-refractivity contribution in [2.75, 3.05) is 17.2 Å². The fourth-order valence-electron chi connectivity index (χ4n) is 2.33. The van der Waals surface area contributed by atoms with E-state index in [1.54, 1.807) is 19.1 Å². The quantitative estimate of drug-likeness (QED) is 0.345. The molecule has 156 valence electrons. The van der Waals surface area contributed by atoms with Gasteiger partial charge in [-0.1, -0.05) is 34.8 Å². The molecule has 0 aliphatic rings. The number of thiophene rings is 1. The maximum absolute atomic E-state index is 12.3. The average Bonchev–Trinajstić information content (AvgIpc) is 3.34. The van der Waals surface area contributed by atoms with Gasteiger partial charge in [0.15, 0.2) is 12.4 Å². The van der Waals surface area contributed by atoms with Crippen molar-refractivity contribution in [3.05, 3.63) is 67.9 Å². The van der Waals surface area contributed by atoms with Gasteiger partial charge in [-0.2, -0.15) is 0 Å². The minimum atomic E-state index is -0.702. The van der Waals surface area contributed by atoms with E-state index in [2.05, 4.69) is 10.6 Å². The molecule has 0 radical (unpaired) electrons. The van der Waals surface area contributed by atoms with Crippen molar-refractivity contribution in [1.29, 1.82) is 0 Å². The molecule has 2 aromatic heterocycles. The van der Waals surface area contributed by atoms with Crippen LogP contribution in [0.1, 0.15) is 25.8 Å². The van der Waals surface area contributed by atoms with Crippen LogP contribution >= 0.6 is 46.1 Å². The summed E-state index contributed by atoms with van der Waals surface area (Å²) in [5.74, 6) is -1.61. The van der Waals surface area contributed by atoms with Crippen LogP contribution in [0.15, 0.2) is 41.0 Å². The summed E-state index contributed by atoms with van der Waals surface area (Å²) in [6.07, 6.45) is 1.38. The van der Waals surface area contributed by atoms with E-state index in [-0.39, 0.29) is 31.4 Å². The summed E-state index contributed by atoms with van der Waals surface area (Å²) in [6, 6.07) is 7.51. The molecule has 0 fully saturated rings. The number of ether oxygens (including phenoxy) is 1. The molecule has 2 heterocycles. The third kappa shape index (κ3) is 5.34. The summed E-state index contributed by atoms with van der Waals surface area (Å²) in [4.78, 5) is 36.7. The van der Waals surface area contributed by atoms with Crippen LogP contribution in [0.5, 0.6) is 0 Å². The van der Waals surface area contributed by atoms with Gasteiger partial charge in [-0.25, -0.2) is 4.79 Å². The number of carbonyl (C=O) groups excluding carboxylic acids is 3. The number of aryl methyl sites for hydroxylation is 1. The van der Waals surface area contributed by atoms with Gasteiger partial charge in [0.2, 0.25) is 0 Å². The number of esters is 1. The number of halogens is 3. The minimum Gasteiger partial charge on any atom is -0.459 e. The molecule has 11 heteroatoms. The molecule has 0 saturated carbocycles. The Morgan fingerprint density at radius 1 is 1.07 bits per heavy atom. The maximum Gasteiger partial charge on any atom is 0.349 e. The summed E-state index contributed by atoms with van der Waals surface area (Å²) < 4.78 is 10.1. The smallest absolute Gasteiger partial charge is 0.349 e. The van der Waals surface area contributed by atoms with Crippen molar-refractivity contribution in [1.82, 2.24) is 0 Å². The zero-order valence-electron chi connectivity index (χ0n) is 15.3. The van der Waals surface area contributed by atoms with Crippen LogP contribution in [0.4, 0.5) is 10.7 Å². The molecule has 0 bridgehead atoms. The molecule has 0 aliphatic heterocycles. The summed E-state index contributed by atoms with van der Waals surface area (Å²) in [5, 5.41) is 6.21. The van der Waals surface area contributed by atoms with Gasteiger partial charge < -0.3 is 19.8 Å². The van der Waals surface area contributed by atoms with Gasteiger partial charge in [-0.05, 0) is 42.8 Å². The van der Waals surface area contributed by atoms with Crippen LogP contribution in [0.3, 0.4) is 0 Å². The maximum atomic E-state index is 12.3. The van der Waals surface area contributed by atoms with E-state index < -0.39 is 24.4 Å². The number of hydrogen-bond donors (Lipinski definition) is 2. The van der Waals surface area contributed by atoms with E-state index in [1.165, 1.54) is 24.5 Å². The van der Waals surface area contributed by atoms with Crippen molar-refractivity contribution in [3.63, 3.8) is 0 Å². The Morgan fingerprint density at radius 2 is 1.80 bits per heavy atom. The van der Waals surface area contributed by atoms with Gasteiger partial charge in [0.05, 0.1) is 32.0 Å². The first-order valence-electron chi connectivity index (χ1n) is 8.31. The summed E-state index contributed by atoms with van der Waals surface area (Å²) in [6.45, 7) is 1.14. The predicted molar refractivity (Wildman–Crippen MR) is 116 cm³/mol. The molecule has 3 aromatic rings. The van der Waals surface area contributed by atoms with Crippen LogP contribution in [0.25, 0.3) is 0 Å². The molecular weight excluding hydrogens is 475 g/mol. The van der Waals surface area contributed by atoms with E-state index >= 15 is 0 Å². The highest BCUT2D eigenvalue weighted by Crippen LogP contribution is 2.32. The normalized spacial score (nSPS) is 10.5. The van der Waals surface area contributed by atoms with Gasteiger partial charge in [0, 0.05) is 0 Å². The SMILES string of the molecule is Cc1cc(NC(=O)c2ccco2)sc1C(=O)OCC(=O)Nc1cc(Cl)c(Cl)cc1Cl. The lowest BCUT2D eigenvalue weighted by Crippen LogP contribution is -2.21. The van der Waals surface area contributed by atoms with Crippen molar-refractivity contribution in [2.45, 2.75) is 6.92 Å². The van der Waals surface area contributed by atoms with Crippen LogP contribution in [0, 0.1) is 6.92 Å². The summed E-state index contributed by atoms with van der Waals surface area (Å²) >= 11 is 18.8. The molecule has 0 unspecified atom stereocenters. The Morgan fingerprint density at radius 3 is 2.50 bits per heavy atom. The zero-order valence-corrected chi connectivity index (χ0v) is 18.3. The van der Waals surface area contributed by atoms with E-state index in [0.717, 1.165) is 11.3 Å². The number of furan rings is 1. The fraction of sp³-hybridized carbons (Fsp3) is 0.105. The molecule has 0 saturated heterocycles. The van der Waals surface area contributed by atoms with Crippen LogP contribution in [0.2, 0.25) is 15.1 Å². The van der Waals surface area contributed by atoms with E-state index in [0.29, 0.717) is 10.6 Å². The van der Waals surface area contributed by atoms with Crippen molar-refractivity contribution in [3.8, 4) is 0 Å². The second kappa shape index (κ2) is 9.53. The Kier molecular flexibility index (Phi) is 7.04. The van der Waals surface area contributed by atoms with Crippen LogP contribution in [-0.2, 0) is 9.53 Å². The summed E-state index contributed by atoms with van der Waals surface area (Å²) in [5.41, 5.74) is 0.829. The van der Waals surface area contributed by atoms with Crippen molar-refractivity contribution in [2.24, 2.45) is 0 Å². The van der Waals surface area contributed by atoms with E-state index in [1.807, 2.05) is 0 Å².